The first-order chi connectivity index (χ1) is 16.3. The topological polar surface area (TPSA) is 126 Å². The molecular formula is C24H31N7O2S. The fraction of sp³-hybridized carbons (Fsp3) is 0.458. The highest BCUT2D eigenvalue weighted by Crippen LogP contribution is 2.45. The van der Waals surface area contributed by atoms with Gasteiger partial charge in [0, 0.05) is 43.7 Å². The zero-order valence-electron chi connectivity index (χ0n) is 19.9. The van der Waals surface area contributed by atoms with Crippen LogP contribution in [0, 0.1) is 13.8 Å². The summed E-state index contributed by atoms with van der Waals surface area (Å²) in [6, 6.07) is 2.01. The summed E-state index contributed by atoms with van der Waals surface area (Å²) >= 11 is 1.22. The Bertz CT molecular complexity index is 1260. The molecule has 34 heavy (non-hydrogen) atoms. The van der Waals surface area contributed by atoms with E-state index in [1.54, 1.807) is 0 Å². The summed E-state index contributed by atoms with van der Waals surface area (Å²) in [7, 11) is 2.17. The van der Waals surface area contributed by atoms with E-state index in [0.29, 0.717) is 33.1 Å². The number of anilines is 2. The maximum Gasteiger partial charge on any atom is 0.260 e. The minimum Gasteiger partial charge on any atom is -0.461 e. The van der Waals surface area contributed by atoms with Gasteiger partial charge in [0.25, 0.3) is 5.91 Å². The summed E-state index contributed by atoms with van der Waals surface area (Å²) in [4.78, 5) is 27.3. The SMILES string of the molecule is Cc1cc(-c2c(C3=NC3)c(NCCCN3CCN(C)CC3)nc3sc(C(N)=O)c(N)c23)oc1C. The number of pyridine rings is 1. The van der Waals surface area contributed by atoms with Crippen molar-refractivity contribution in [3.8, 4) is 11.3 Å². The van der Waals surface area contributed by atoms with Crippen molar-refractivity contribution in [1.29, 1.82) is 0 Å². The second-order valence-corrected chi connectivity index (χ2v) is 10.1. The van der Waals surface area contributed by atoms with Gasteiger partial charge in [-0.3, -0.25) is 9.79 Å². The quantitative estimate of drug-likeness (QED) is 0.422. The lowest BCUT2D eigenvalue weighted by Gasteiger charge is -2.32. The van der Waals surface area contributed by atoms with Gasteiger partial charge in [-0.15, -0.1) is 11.3 Å². The number of hydrogen-bond acceptors (Lipinski definition) is 9. The number of likely N-dealkylation sites (N-methyl/N-ethyl adjacent to an activating group) is 1. The van der Waals surface area contributed by atoms with Gasteiger partial charge in [0.15, 0.2) is 0 Å². The van der Waals surface area contributed by atoms with Crippen molar-refractivity contribution in [2.75, 3.05) is 63.9 Å². The number of carbonyl (C=O) groups is 1. The van der Waals surface area contributed by atoms with Crippen LogP contribution in [0.15, 0.2) is 15.5 Å². The number of hydrogen-bond donors (Lipinski definition) is 3. The summed E-state index contributed by atoms with van der Waals surface area (Å²) in [5.74, 6) is 1.74. The van der Waals surface area contributed by atoms with Crippen molar-refractivity contribution < 1.29 is 9.21 Å². The number of aryl methyl sites for hydroxylation is 2. The number of aromatic nitrogens is 1. The molecule has 1 saturated heterocycles. The Morgan fingerprint density at radius 2 is 1.97 bits per heavy atom. The smallest absolute Gasteiger partial charge is 0.260 e. The van der Waals surface area contributed by atoms with Crippen LogP contribution in [0.1, 0.15) is 33.0 Å². The highest BCUT2D eigenvalue weighted by atomic mass is 32.1. The number of rotatable bonds is 8. The van der Waals surface area contributed by atoms with Crippen molar-refractivity contribution in [2.24, 2.45) is 10.7 Å². The molecule has 0 atom stereocenters. The second kappa shape index (κ2) is 9.01. The third kappa shape index (κ3) is 4.28. The van der Waals surface area contributed by atoms with Crippen molar-refractivity contribution in [2.45, 2.75) is 20.3 Å². The largest absolute Gasteiger partial charge is 0.461 e. The molecule has 3 aromatic heterocycles. The predicted molar refractivity (Wildman–Crippen MR) is 138 cm³/mol. The number of furan rings is 1. The maximum absolute atomic E-state index is 12.0. The standard InChI is InChI=1S/C24H31N7O2S/c1-13-11-16(33-14(13)2)18-17(15-12-28-15)23(27-5-4-6-31-9-7-30(3)8-10-31)29-24-19(18)20(25)21(34-24)22(26)32/h11H,4-10,12,25H2,1-3H3,(H2,26,32)(H,27,29). The Morgan fingerprint density at radius 1 is 1.24 bits per heavy atom. The molecule has 0 aromatic carbocycles. The van der Waals surface area contributed by atoms with Crippen molar-refractivity contribution >= 4 is 44.7 Å². The molecule has 2 aliphatic rings. The number of amides is 1. The average molecular weight is 482 g/mol. The number of nitrogens with one attached hydrogen (secondary N) is 1. The monoisotopic (exact) mass is 481 g/mol. The van der Waals surface area contributed by atoms with Gasteiger partial charge in [0.1, 0.15) is 27.0 Å². The van der Waals surface area contributed by atoms with Crippen LogP contribution in [0.3, 0.4) is 0 Å². The van der Waals surface area contributed by atoms with Crippen LogP contribution in [-0.2, 0) is 0 Å². The van der Waals surface area contributed by atoms with E-state index in [-0.39, 0.29) is 0 Å². The molecule has 0 spiro atoms. The maximum atomic E-state index is 12.0. The molecule has 0 aliphatic carbocycles. The first kappa shape index (κ1) is 22.8. The normalized spacial score (nSPS) is 16.7. The zero-order valence-corrected chi connectivity index (χ0v) is 20.7. The van der Waals surface area contributed by atoms with E-state index in [1.807, 2.05) is 19.9 Å². The summed E-state index contributed by atoms with van der Waals surface area (Å²) in [5.41, 5.74) is 16.2. The van der Waals surface area contributed by atoms with Gasteiger partial charge in [-0.2, -0.15) is 0 Å². The molecule has 0 radical (unpaired) electrons. The summed E-state index contributed by atoms with van der Waals surface area (Å²) in [6.07, 6.45) is 1.00. The van der Waals surface area contributed by atoms with E-state index in [4.69, 9.17) is 20.9 Å². The molecule has 1 amide bonds. The van der Waals surface area contributed by atoms with Crippen LogP contribution in [-0.4, -0.2) is 79.3 Å². The molecule has 5 rings (SSSR count). The number of nitrogen functional groups attached to an aromatic ring is 1. The number of nitrogens with two attached hydrogens (primary N) is 2. The van der Waals surface area contributed by atoms with Gasteiger partial charge in [-0.25, -0.2) is 4.98 Å². The molecule has 180 valence electrons. The van der Waals surface area contributed by atoms with E-state index < -0.39 is 5.91 Å². The first-order valence-electron chi connectivity index (χ1n) is 11.6. The van der Waals surface area contributed by atoms with Crippen LogP contribution >= 0.6 is 11.3 Å². The van der Waals surface area contributed by atoms with Gasteiger partial charge in [-0.1, -0.05) is 0 Å². The van der Waals surface area contributed by atoms with Crippen LogP contribution < -0.4 is 16.8 Å². The van der Waals surface area contributed by atoms with Crippen LogP contribution in [0.25, 0.3) is 21.5 Å². The van der Waals surface area contributed by atoms with E-state index in [0.717, 1.165) is 79.7 Å². The van der Waals surface area contributed by atoms with Crippen molar-refractivity contribution in [1.82, 2.24) is 14.8 Å². The predicted octanol–water partition coefficient (Wildman–Crippen LogP) is 2.71. The number of nitrogens with zero attached hydrogens (tertiary/aromatic N) is 4. The average Bonchev–Trinajstić information content (AvgIpc) is 3.51. The number of piperazine rings is 1. The van der Waals surface area contributed by atoms with E-state index in [9.17, 15) is 4.79 Å². The van der Waals surface area contributed by atoms with Gasteiger partial charge in [0.05, 0.1) is 23.5 Å². The highest BCUT2D eigenvalue weighted by Gasteiger charge is 2.30. The first-order valence-corrected chi connectivity index (χ1v) is 12.5. The minimum atomic E-state index is -0.551. The van der Waals surface area contributed by atoms with Crippen molar-refractivity contribution in [3.63, 3.8) is 0 Å². The van der Waals surface area contributed by atoms with Crippen LogP contribution in [0.4, 0.5) is 11.5 Å². The third-order valence-electron chi connectivity index (χ3n) is 6.66. The molecule has 3 aromatic rings. The molecule has 0 unspecified atom stereocenters. The molecular weight excluding hydrogens is 450 g/mol. The van der Waals surface area contributed by atoms with Crippen molar-refractivity contribution in [3.05, 3.63) is 27.8 Å². The van der Waals surface area contributed by atoms with Crippen LogP contribution in [0.5, 0.6) is 0 Å². The summed E-state index contributed by atoms with van der Waals surface area (Å²) in [5, 5.41) is 4.25. The molecule has 5 N–H and O–H groups in total. The summed E-state index contributed by atoms with van der Waals surface area (Å²) in [6.45, 7) is 10.9. The third-order valence-corrected chi connectivity index (χ3v) is 7.77. The molecule has 0 bridgehead atoms. The van der Waals surface area contributed by atoms with Gasteiger partial charge in [-0.05, 0) is 45.5 Å². The van der Waals surface area contributed by atoms with Gasteiger partial charge in [0.2, 0.25) is 0 Å². The lowest BCUT2D eigenvalue weighted by Crippen LogP contribution is -2.44. The fourth-order valence-electron chi connectivity index (χ4n) is 4.47. The lowest BCUT2D eigenvalue weighted by molar-refractivity contribution is 0.100. The van der Waals surface area contributed by atoms with Crippen LogP contribution in [0.2, 0.25) is 0 Å². The summed E-state index contributed by atoms with van der Waals surface area (Å²) < 4.78 is 6.13. The molecule has 2 aliphatic heterocycles. The molecule has 10 heteroatoms. The van der Waals surface area contributed by atoms with Gasteiger partial charge >= 0.3 is 0 Å². The molecule has 5 heterocycles. The van der Waals surface area contributed by atoms with E-state index in [2.05, 4.69) is 27.2 Å². The Balaban J connectivity index is 1.51. The number of fused-ring (bicyclic) bond motifs is 1. The Kier molecular flexibility index (Phi) is 6.05. The fourth-order valence-corrected chi connectivity index (χ4v) is 5.42. The van der Waals surface area contributed by atoms with Gasteiger partial charge < -0.3 is 31.0 Å². The molecule has 9 nitrogen and oxygen atoms in total. The molecule has 0 saturated carbocycles. The number of carbonyl (C=O) groups excluding carboxylic acids is 1. The van der Waals surface area contributed by atoms with E-state index in [1.165, 1.54) is 11.3 Å². The number of aliphatic imine (C=N–C) groups is 1. The zero-order chi connectivity index (χ0) is 24.0. The second-order valence-electron chi connectivity index (χ2n) is 9.14. The highest BCUT2D eigenvalue weighted by molar-refractivity contribution is 7.21. The number of primary amides is 1. The minimum absolute atomic E-state index is 0.319. The Morgan fingerprint density at radius 3 is 2.59 bits per heavy atom. The Hall–Kier alpha value is -2.95. The molecule has 1 fully saturated rings. The van der Waals surface area contributed by atoms with E-state index >= 15 is 0 Å². The Labute approximate surface area is 202 Å². The number of thiophene rings is 1. The lowest BCUT2D eigenvalue weighted by atomic mass is 9.99.